The van der Waals surface area contributed by atoms with Crippen LogP contribution in [0.1, 0.15) is 26.3 Å². The largest absolute Gasteiger partial charge is 0.311 e. The van der Waals surface area contributed by atoms with Crippen LogP contribution in [0.15, 0.2) is 128 Å². The van der Waals surface area contributed by atoms with E-state index < -0.39 is 0 Å². The van der Waals surface area contributed by atoms with Gasteiger partial charge in [-0.05, 0) is 71.6 Å². The lowest BCUT2D eigenvalue weighted by atomic mass is 10.00. The predicted molar refractivity (Wildman–Crippen MR) is 153 cm³/mol. The molecule has 0 aliphatic carbocycles. The highest BCUT2D eigenvalue weighted by molar-refractivity contribution is 6.21. The molecule has 39 heavy (non-hydrogen) atoms. The van der Waals surface area contributed by atoms with Gasteiger partial charge in [0, 0.05) is 35.7 Å². The van der Waals surface area contributed by atoms with Gasteiger partial charge in [-0.2, -0.15) is 0 Å². The van der Waals surface area contributed by atoms with Crippen molar-refractivity contribution in [2.75, 3.05) is 11.4 Å². The van der Waals surface area contributed by atoms with Crippen LogP contribution in [0.3, 0.4) is 0 Å². The molecule has 5 nitrogen and oxygen atoms in total. The summed E-state index contributed by atoms with van der Waals surface area (Å²) in [6.07, 6.45) is 4.56. The van der Waals surface area contributed by atoms with Crippen molar-refractivity contribution in [2.24, 2.45) is 7.05 Å². The number of benzene rings is 4. The number of anilines is 3. The normalized spacial score (nSPS) is 12.5. The molecule has 0 atom stereocenters. The summed E-state index contributed by atoms with van der Waals surface area (Å²) in [5.41, 5.74) is 7.10. The first kappa shape index (κ1) is 24.3. The van der Waals surface area contributed by atoms with Gasteiger partial charge in [-0.3, -0.25) is 14.5 Å². The molecule has 0 saturated heterocycles. The van der Waals surface area contributed by atoms with Gasteiger partial charge in [0.15, 0.2) is 12.4 Å². The molecule has 0 spiro atoms. The van der Waals surface area contributed by atoms with Crippen molar-refractivity contribution in [2.45, 2.75) is 6.42 Å². The van der Waals surface area contributed by atoms with E-state index in [9.17, 15) is 9.59 Å². The first-order valence-electron chi connectivity index (χ1n) is 13.0. The minimum atomic E-state index is -0.228. The Balaban J connectivity index is 1.25. The Morgan fingerprint density at radius 3 is 1.77 bits per heavy atom. The fourth-order valence-electron chi connectivity index (χ4n) is 5.02. The summed E-state index contributed by atoms with van der Waals surface area (Å²) in [5.74, 6) is -0.450. The Morgan fingerprint density at radius 1 is 0.615 bits per heavy atom. The lowest BCUT2D eigenvalue weighted by molar-refractivity contribution is -0.671. The summed E-state index contributed by atoms with van der Waals surface area (Å²) < 4.78 is 1.96. The second kappa shape index (κ2) is 10.4. The molecule has 0 fully saturated rings. The van der Waals surface area contributed by atoms with Gasteiger partial charge in [0.05, 0.1) is 11.1 Å². The van der Waals surface area contributed by atoms with Gasteiger partial charge in [0.1, 0.15) is 7.05 Å². The lowest BCUT2D eigenvalue weighted by Gasteiger charge is -2.25. The molecule has 1 aromatic heterocycles. The van der Waals surface area contributed by atoms with Crippen LogP contribution in [-0.4, -0.2) is 23.3 Å². The average molecular weight is 511 g/mol. The van der Waals surface area contributed by atoms with E-state index in [1.165, 1.54) is 4.90 Å². The van der Waals surface area contributed by atoms with Gasteiger partial charge in [0.2, 0.25) is 0 Å². The van der Waals surface area contributed by atoms with E-state index >= 15 is 0 Å². The number of para-hydroxylation sites is 2. The van der Waals surface area contributed by atoms with Crippen LogP contribution in [0.25, 0.3) is 11.1 Å². The maximum absolute atomic E-state index is 13.2. The maximum atomic E-state index is 13.2. The molecule has 6 rings (SSSR count). The molecule has 4 aromatic carbocycles. The molecule has 0 unspecified atom stereocenters. The van der Waals surface area contributed by atoms with Crippen LogP contribution < -0.4 is 9.47 Å². The third-order valence-corrected chi connectivity index (χ3v) is 7.13. The number of amides is 2. The number of aryl methyl sites for hydroxylation is 1. The summed E-state index contributed by atoms with van der Waals surface area (Å²) in [6, 6.07) is 38.4. The number of nitrogens with zero attached hydrogens (tertiary/aromatic N) is 3. The van der Waals surface area contributed by atoms with E-state index in [2.05, 4.69) is 53.4 Å². The Bertz CT molecular complexity index is 1590. The standard InChI is InChI=1S/C34H28N3O2/c1-35-21-18-25(19-22-35)20-23-36-33(38)31-17-14-27(24-32(31)34(36)39)26-12-15-30(16-13-26)37(28-8-4-2-5-9-28)29-10-6-3-7-11-29/h2-19,21-22,24H,20,23H2,1H3/q+1. The fourth-order valence-corrected chi connectivity index (χ4v) is 5.02. The van der Waals surface area contributed by atoms with Gasteiger partial charge in [-0.1, -0.05) is 54.6 Å². The van der Waals surface area contributed by atoms with Gasteiger partial charge >= 0.3 is 0 Å². The topological polar surface area (TPSA) is 44.5 Å². The van der Waals surface area contributed by atoms with E-state index in [1.807, 2.05) is 84.7 Å². The Labute approximate surface area is 228 Å². The number of imide groups is 1. The quantitative estimate of drug-likeness (QED) is 0.186. The van der Waals surface area contributed by atoms with E-state index in [4.69, 9.17) is 0 Å². The second-order valence-corrected chi connectivity index (χ2v) is 9.70. The van der Waals surface area contributed by atoms with E-state index in [-0.39, 0.29) is 11.8 Å². The van der Waals surface area contributed by atoms with Crippen LogP contribution in [0.2, 0.25) is 0 Å². The maximum Gasteiger partial charge on any atom is 0.261 e. The van der Waals surface area contributed by atoms with Crippen LogP contribution in [-0.2, 0) is 13.5 Å². The number of rotatable bonds is 7. The van der Waals surface area contributed by atoms with Gasteiger partial charge < -0.3 is 4.90 Å². The number of carbonyl (C=O) groups is 2. The van der Waals surface area contributed by atoms with Crippen LogP contribution >= 0.6 is 0 Å². The van der Waals surface area contributed by atoms with Gasteiger partial charge in [-0.15, -0.1) is 0 Å². The Kier molecular flexibility index (Phi) is 6.47. The summed E-state index contributed by atoms with van der Waals surface area (Å²) in [7, 11) is 1.96. The Morgan fingerprint density at radius 2 is 1.15 bits per heavy atom. The molecule has 0 N–H and O–H groups in total. The minimum absolute atomic E-state index is 0.222. The summed E-state index contributed by atoms with van der Waals surface area (Å²) in [4.78, 5) is 29.8. The molecule has 1 aliphatic heterocycles. The zero-order valence-corrected chi connectivity index (χ0v) is 21.7. The SMILES string of the molecule is C[n+]1ccc(CCN2C(=O)c3ccc(-c4ccc(N(c5ccccc5)c5ccccc5)cc4)cc3C2=O)cc1. The van der Waals surface area contributed by atoms with Crippen molar-refractivity contribution >= 4 is 28.9 Å². The van der Waals surface area contributed by atoms with Gasteiger partial charge in [0.25, 0.3) is 11.8 Å². The smallest absolute Gasteiger partial charge is 0.261 e. The number of aromatic nitrogens is 1. The number of pyridine rings is 1. The van der Waals surface area contributed by atoms with Crippen LogP contribution in [0.5, 0.6) is 0 Å². The summed E-state index contributed by atoms with van der Waals surface area (Å²) in [6.45, 7) is 0.360. The fraction of sp³-hybridized carbons (Fsp3) is 0.0882. The van der Waals surface area contributed by atoms with Crippen LogP contribution in [0, 0.1) is 0 Å². The number of hydrogen-bond acceptors (Lipinski definition) is 3. The van der Waals surface area contributed by atoms with Crippen LogP contribution in [0.4, 0.5) is 17.1 Å². The first-order valence-corrected chi connectivity index (χ1v) is 13.0. The molecule has 0 saturated carbocycles. The zero-order valence-electron chi connectivity index (χ0n) is 21.7. The number of hydrogen-bond donors (Lipinski definition) is 0. The monoisotopic (exact) mass is 510 g/mol. The molecule has 1 aliphatic rings. The van der Waals surface area contributed by atoms with E-state index in [0.717, 1.165) is 33.8 Å². The molecule has 190 valence electrons. The first-order chi connectivity index (χ1) is 19.1. The molecule has 0 radical (unpaired) electrons. The third-order valence-electron chi connectivity index (χ3n) is 7.13. The zero-order chi connectivity index (χ0) is 26.8. The molecule has 2 amide bonds. The molecular weight excluding hydrogens is 482 g/mol. The van der Waals surface area contributed by atoms with Crippen molar-refractivity contribution in [1.29, 1.82) is 0 Å². The highest BCUT2D eigenvalue weighted by Gasteiger charge is 2.35. The van der Waals surface area contributed by atoms with E-state index in [1.54, 1.807) is 6.07 Å². The predicted octanol–water partition coefficient (Wildman–Crippen LogP) is 6.49. The minimum Gasteiger partial charge on any atom is -0.311 e. The number of carbonyl (C=O) groups excluding carboxylic acids is 2. The molecule has 2 heterocycles. The van der Waals surface area contributed by atoms with Crippen molar-refractivity contribution in [3.63, 3.8) is 0 Å². The Hall–Kier alpha value is -5.03. The lowest BCUT2D eigenvalue weighted by Crippen LogP contribution is -2.32. The molecular formula is C34H28N3O2+. The molecule has 5 heteroatoms. The van der Waals surface area contributed by atoms with Gasteiger partial charge in [-0.25, -0.2) is 4.57 Å². The second-order valence-electron chi connectivity index (χ2n) is 9.70. The summed E-state index contributed by atoms with van der Waals surface area (Å²) >= 11 is 0. The van der Waals surface area contributed by atoms with Crippen molar-refractivity contribution in [3.8, 4) is 11.1 Å². The average Bonchev–Trinajstić information content (AvgIpc) is 3.22. The summed E-state index contributed by atoms with van der Waals surface area (Å²) in [5, 5.41) is 0. The van der Waals surface area contributed by atoms with Crippen molar-refractivity contribution in [1.82, 2.24) is 4.90 Å². The highest BCUT2D eigenvalue weighted by Crippen LogP contribution is 2.36. The highest BCUT2D eigenvalue weighted by atomic mass is 16.2. The molecule has 5 aromatic rings. The number of fused-ring (bicyclic) bond motifs is 1. The van der Waals surface area contributed by atoms with E-state index in [0.29, 0.717) is 24.1 Å². The van der Waals surface area contributed by atoms with Crippen molar-refractivity contribution < 1.29 is 14.2 Å². The third kappa shape index (κ3) is 4.82. The van der Waals surface area contributed by atoms with Crippen molar-refractivity contribution in [3.05, 3.63) is 144 Å². The molecule has 0 bridgehead atoms.